The molecule has 1 amide bonds. The zero-order valence-electron chi connectivity index (χ0n) is 16.0. The first-order chi connectivity index (χ1) is 13.7. The monoisotopic (exact) mass is 376 g/mol. The zero-order chi connectivity index (χ0) is 19.5. The third-order valence-electron chi connectivity index (χ3n) is 5.62. The van der Waals surface area contributed by atoms with Crippen molar-refractivity contribution in [2.75, 3.05) is 13.1 Å². The van der Waals surface area contributed by atoms with E-state index in [1.807, 2.05) is 54.3 Å². The summed E-state index contributed by atoms with van der Waals surface area (Å²) in [7, 11) is 0. The summed E-state index contributed by atoms with van der Waals surface area (Å²) in [5.74, 6) is 0.0602. The minimum absolute atomic E-state index is 0.0227. The largest absolute Gasteiger partial charge is 0.342 e. The quantitative estimate of drug-likeness (QED) is 0.701. The van der Waals surface area contributed by atoms with Crippen LogP contribution < -0.4 is 5.56 Å². The van der Waals surface area contributed by atoms with Crippen molar-refractivity contribution in [3.05, 3.63) is 70.5 Å². The Morgan fingerprint density at radius 3 is 2.46 bits per heavy atom. The summed E-state index contributed by atoms with van der Waals surface area (Å²) in [5, 5.41) is 8.92. The second kappa shape index (κ2) is 7.92. The molecule has 3 aromatic rings. The van der Waals surface area contributed by atoms with E-state index in [0.717, 1.165) is 12.0 Å². The molecule has 144 valence electrons. The molecule has 0 unspecified atom stereocenters. The van der Waals surface area contributed by atoms with Gasteiger partial charge >= 0.3 is 0 Å². The lowest BCUT2D eigenvalue weighted by Crippen LogP contribution is -2.43. The Hall–Kier alpha value is -3.02. The van der Waals surface area contributed by atoms with Crippen molar-refractivity contribution in [3.8, 4) is 0 Å². The molecule has 0 aliphatic carbocycles. The highest BCUT2D eigenvalue weighted by Gasteiger charge is 2.29. The number of benzene rings is 2. The van der Waals surface area contributed by atoms with Gasteiger partial charge in [0.25, 0.3) is 5.56 Å². The molecule has 2 heterocycles. The number of rotatable bonds is 4. The molecule has 28 heavy (non-hydrogen) atoms. The Kier molecular flexibility index (Phi) is 5.19. The van der Waals surface area contributed by atoms with Crippen LogP contribution in [0.2, 0.25) is 0 Å². The van der Waals surface area contributed by atoms with Gasteiger partial charge in [-0.25, -0.2) is 4.68 Å². The van der Waals surface area contributed by atoms with Gasteiger partial charge in [0.1, 0.15) is 5.52 Å². The number of amides is 1. The standard InChI is InChI=1S/C22H24N4O2/c1-2-18(16-8-4-3-5-9-16)21(27)25-14-12-17(13-15-25)26-22(28)19-10-6-7-11-20(19)23-24-26/h3-11,17-18H,2,12-15H2,1H3/t18-/m0/s1. The van der Waals surface area contributed by atoms with E-state index in [1.54, 1.807) is 12.1 Å². The Balaban J connectivity index is 1.48. The lowest BCUT2D eigenvalue weighted by Gasteiger charge is -2.34. The van der Waals surface area contributed by atoms with Crippen LogP contribution in [0.1, 0.15) is 43.7 Å². The third-order valence-corrected chi connectivity index (χ3v) is 5.62. The summed E-state index contributed by atoms with van der Waals surface area (Å²) in [4.78, 5) is 27.7. The van der Waals surface area contributed by atoms with Crippen molar-refractivity contribution in [3.63, 3.8) is 0 Å². The third kappa shape index (κ3) is 3.42. The summed E-state index contributed by atoms with van der Waals surface area (Å²) < 4.78 is 1.50. The molecule has 1 fully saturated rings. The maximum Gasteiger partial charge on any atom is 0.277 e. The van der Waals surface area contributed by atoms with Crippen molar-refractivity contribution < 1.29 is 4.79 Å². The molecule has 1 saturated heterocycles. The van der Waals surface area contributed by atoms with E-state index in [0.29, 0.717) is 36.8 Å². The first-order valence-corrected chi connectivity index (χ1v) is 9.87. The summed E-state index contributed by atoms with van der Waals surface area (Å²) in [6.45, 7) is 3.31. The van der Waals surface area contributed by atoms with Crippen molar-refractivity contribution in [1.82, 2.24) is 19.9 Å². The summed E-state index contributed by atoms with van der Waals surface area (Å²) >= 11 is 0. The van der Waals surface area contributed by atoms with Gasteiger partial charge in [0.2, 0.25) is 5.91 Å². The highest BCUT2D eigenvalue weighted by molar-refractivity contribution is 5.83. The number of hydrogen-bond donors (Lipinski definition) is 0. The molecule has 2 aromatic carbocycles. The van der Waals surface area contributed by atoms with E-state index in [1.165, 1.54) is 4.68 Å². The van der Waals surface area contributed by atoms with E-state index in [4.69, 9.17) is 0 Å². The van der Waals surface area contributed by atoms with Crippen LogP contribution in [-0.4, -0.2) is 38.9 Å². The van der Waals surface area contributed by atoms with Crippen LogP contribution in [0.5, 0.6) is 0 Å². The van der Waals surface area contributed by atoms with Gasteiger partial charge in [-0.2, -0.15) is 0 Å². The fraction of sp³-hybridized carbons (Fsp3) is 0.364. The van der Waals surface area contributed by atoms with Crippen molar-refractivity contribution in [1.29, 1.82) is 0 Å². The predicted molar refractivity (Wildman–Crippen MR) is 108 cm³/mol. The fourth-order valence-electron chi connectivity index (χ4n) is 4.03. The number of likely N-dealkylation sites (tertiary alicyclic amines) is 1. The predicted octanol–water partition coefficient (Wildman–Crippen LogP) is 3.15. The number of hydrogen-bond acceptors (Lipinski definition) is 4. The smallest absolute Gasteiger partial charge is 0.277 e. The Morgan fingerprint density at radius 1 is 1.07 bits per heavy atom. The number of aromatic nitrogens is 3. The average Bonchev–Trinajstić information content (AvgIpc) is 2.76. The van der Waals surface area contributed by atoms with Crippen LogP contribution in [0.25, 0.3) is 10.9 Å². The van der Waals surface area contributed by atoms with Crippen LogP contribution in [0, 0.1) is 0 Å². The van der Waals surface area contributed by atoms with Gasteiger partial charge in [-0.3, -0.25) is 9.59 Å². The highest BCUT2D eigenvalue weighted by atomic mass is 16.2. The van der Waals surface area contributed by atoms with Gasteiger partial charge in [0.15, 0.2) is 0 Å². The minimum Gasteiger partial charge on any atom is -0.342 e. The molecule has 0 radical (unpaired) electrons. The number of fused-ring (bicyclic) bond motifs is 1. The van der Waals surface area contributed by atoms with Crippen molar-refractivity contribution in [2.45, 2.75) is 38.1 Å². The van der Waals surface area contributed by atoms with Gasteiger partial charge in [0.05, 0.1) is 17.3 Å². The molecular weight excluding hydrogens is 352 g/mol. The molecule has 6 heteroatoms. The first-order valence-electron chi connectivity index (χ1n) is 9.87. The SMILES string of the molecule is CC[C@H](C(=O)N1CCC(n2nnc3ccccc3c2=O)CC1)c1ccccc1. The van der Waals surface area contributed by atoms with E-state index >= 15 is 0 Å². The van der Waals surface area contributed by atoms with Gasteiger partial charge < -0.3 is 4.90 Å². The maximum atomic E-state index is 13.0. The Morgan fingerprint density at radius 2 is 1.75 bits per heavy atom. The van der Waals surface area contributed by atoms with Gasteiger partial charge in [0, 0.05) is 13.1 Å². The van der Waals surface area contributed by atoms with Crippen molar-refractivity contribution in [2.24, 2.45) is 0 Å². The van der Waals surface area contributed by atoms with Crippen LogP contribution in [0.15, 0.2) is 59.4 Å². The molecule has 1 aliphatic heterocycles. The number of nitrogens with zero attached hydrogens (tertiary/aromatic N) is 4. The summed E-state index contributed by atoms with van der Waals surface area (Å²) in [6.07, 6.45) is 2.20. The molecule has 1 atom stereocenters. The van der Waals surface area contributed by atoms with E-state index in [9.17, 15) is 9.59 Å². The zero-order valence-corrected chi connectivity index (χ0v) is 16.0. The molecule has 1 aromatic heterocycles. The molecular formula is C22H24N4O2. The van der Waals surface area contributed by atoms with E-state index < -0.39 is 0 Å². The lowest BCUT2D eigenvalue weighted by atomic mass is 9.93. The minimum atomic E-state index is -0.110. The van der Waals surface area contributed by atoms with Crippen LogP contribution in [0.3, 0.4) is 0 Å². The summed E-state index contributed by atoms with van der Waals surface area (Å²) in [5.41, 5.74) is 1.57. The second-order valence-electron chi connectivity index (χ2n) is 7.28. The number of carbonyl (C=O) groups is 1. The molecule has 0 spiro atoms. The molecule has 0 bridgehead atoms. The number of piperidine rings is 1. The van der Waals surface area contributed by atoms with E-state index in [-0.39, 0.29) is 23.4 Å². The highest BCUT2D eigenvalue weighted by Crippen LogP contribution is 2.26. The average molecular weight is 376 g/mol. The molecule has 0 saturated carbocycles. The van der Waals surface area contributed by atoms with Gasteiger partial charge in [-0.1, -0.05) is 54.6 Å². The van der Waals surface area contributed by atoms with Gasteiger partial charge in [-0.05, 0) is 37.0 Å². The van der Waals surface area contributed by atoms with Crippen LogP contribution in [-0.2, 0) is 4.79 Å². The fourth-order valence-corrected chi connectivity index (χ4v) is 4.03. The van der Waals surface area contributed by atoms with Crippen LogP contribution >= 0.6 is 0 Å². The Bertz CT molecular complexity index is 1020. The summed E-state index contributed by atoms with van der Waals surface area (Å²) in [6, 6.07) is 17.2. The Labute approximate surface area is 163 Å². The molecule has 4 rings (SSSR count). The lowest BCUT2D eigenvalue weighted by molar-refractivity contribution is -0.134. The number of carbonyl (C=O) groups excluding carboxylic acids is 1. The van der Waals surface area contributed by atoms with Crippen LogP contribution in [0.4, 0.5) is 0 Å². The molecule has 6 nitrogen and oxygen atoms in total. The second-order valence-corrected chi connectivity index (χ2v) is 7.28. The van der Waals surface area contributed by atoms with E-state index in [2.05, 4.69) is 10.3 Å². The normalized spacial score (nSPS) is 16.2. The van der Waals surface area contributed by atoms with Crippen molar-refractivity contribution >= 4 is 16.8 Å². The first kappa shape index (κ1) is 18.3. The van der Waals surface area contributed by atoms with Gasteiger partial charge in [-0.15, -0.1) is 5.10 Å². The molecule has 1 aliphatic rings. The molecule has 0 N–H and O–H groups in total. The maximum absolute atomic E-state index is 13.0. The topological polar surface area (TPSA) is 68.1 Å².